The van der Waals surface area contributed by atoms with Gasteiger partial charge in [0, 0.05) is 30.1 Å². The van der Waals surface area contributed by atoms with Crippen LogP contribution in [0.25, 0.3) is 0 Å². The van der Waals surface area contributed by atoms with Gasteiger partial charge in [-0.1, -0.05) is 36.4 Å². The second kappa shape index (κ2) is 9.69. The van der Waals surface area contributed by atoms with Gasteiger partial charge in [-0.25, -0.2) is 8.42 Å². The number of piperidine rings is 1. The predicted octanol–water partition coefficient (Wildman–Crippen LogP) is 4.11. The van der Waals surface area contributed by atoms with Gasteiger partial charge in [0.15, 0.2) is 0 Å². The van der Waals surface area contributed by atoms with E-state index in [-0.39, 0.29) is 11.4 Å². The largest absolute Gasteiger partial charge is 0.348 e. The predicted molar refractivity (Wildman–Crippen MR) is 109 cm³/mol. The van der Waals surface area contributed by atoms with Crippen LogP contribution >= 0.6 is 11.8 Å². The molecule has 2 aromatic carbocycles. The maximum atomic E-state index is 13.0. The topological polar surface area (TPSA) is 66.5 Å². The molecule has 2 aromatic rings. The van der Waals surface area contributed by atoms with Crippen LogP contribution in [0.15, 0.2) is 58.3 Å². The fraction of sp³-hybridized carbons (Fsp3) is 0.350. The molecule has 156 valence electrons. The number of thioether (sulfide) groups is 1. The Morgan fingerprint density at radius 3 is 2.34 bits per heavy atom. The standard InChI is InChI=1S/C20H22F2N2O3S2/c21-20(22)28-17-10-8-15(9-11-17)19(25)23-14-16-6-2-3-7-18(16)29(26,27)24-12-4-1-5-13-24/h2-3,6-11,20H,1,4-5,12-14H2,(H,23,25). The van der Waals surface area contributed by atoms with Crippen LogP contribution in [0.1, 0.15) is 35.2 Å². The number of benzene rings is 2. The third-order valence-electron chi connectivity index (χ3n) is 4.69. The van der Waals surface area contributed by atoms with Crippen molar-refractivity contribution in [3.8, 4) is 0 Å². The molecular formula is C20H22F2N2O3S2. The van der Waals surface area contributed by atoms with Crippen LogP contribution in [0.4, 0.5) is 8.78 Å². The lowest BCUT2D eigenvalue weighted by Crippen LogP contribution is -2.36. The van der Waals surface area contributed by atoms with E-state index in [1.54, 1.807) is 24.3 Å². The highest BCUT2D eigenvalue weighted by Gasteiger charge is 2.27. The average Bonchev–Trinajstić information content (AvgIpc) is 2.73. The van der Waals surface area contributed by atoms with Crippen molar-refractivity contribution in [2.75, 3.05) is 13.1 Å². The van der Waals surface area contributed by atoms with Crippen molar-refractivity contribution in [1.82, 2.24) is 9.62 Å². The highest BCUT2D eigenvalue weighted by Crippen LogP contribution is 2.26. The molecule has 0 aliphatic carbocycles. The number of carbonyl (C=O) groups is 1. The zero-order valence-electron chi connectivity index (χ0n) is 15.7. The molecule has 3 rings (SSSR count). The second-order valence-corrected chi connectivity index (χ2v) is 9.63. The minimum absolute atomic E-state index is 0.0512. The summed E-state index contributed by atoms with van der Waals surface area (Å²) in [6.07, 6.45) is 2.72. The molecule has 1 heterocycles. The molecule has 5 nitrogen and oxygen atoms in total. The molecule has 29 heavy (non-hydrogen) atoms. The molecule has 9 heteroatoms. The van der Waals surface area contributed by atoms with Crippen LogP contribution in [0.3, 0.4) is 0 Å². The average molecular weight is 441 g/mol. The Bertz CT molecular complexity index is 944. The van der Waals surface area contributed by atoms with E-state index in [1.807, 2.05) is 0 Å². The number of amides is 1. The van der Waals surface area contributed by atoms with Crippen molar-refractivity contribution >= 4 is 27.7 Å². The summed E-state index contributed by atoms with van der Waals surface area (Å²) in [6, 6.07) is 12.5. The van der Waals surface area contributed by atoms with Crippen LogP contribution in [0.5, 0.6) is 0 Å². The van der Waals surface area contributed by atoms with Crippen molar-refractivity contribution in [2.45, 2.75) is 41.4 Å². The summed E-state index contributed by atoms with van der Waals surface area (Å²) in [4.78, 5) is 13.0. The number of alkyl halides is 2. The van der Waals surface area contributed by atoms with Crippen molar-refractivity contribution in [3.05, 3.63) is 59.7 Å². The SMILES string of the molecule is O=C(NCc1ccccc1S(=O)(=O)N1CCCCC1)c1ccc(SC(F)F)cc1. The fourth-order valence-corrected chi connectivity index (χ4v) is 5.45. The molecule has 0 unspecified atom stereocenters. The van der Waals surface area contributed by atoms with Crippen molar-refractivity contribution in [1.29, 1.82) is 0 Å². The summed E-state index contributed by atoms with van der Waals surface area (Å²) >= 11 is 0.411. The highest BCUT2D eigenvalue weighted by atomic mass is 32.2. The molecule has 0 radical (unpaired) electrons. The summed E-state index contributed by atoms with van der Waals surface area (Å²) < 4.78 is 52.3. The lowest BCUT2D eigenvalue weighted by molar-refractivity contribution is 0.0950. The van der Waals surface area contributed by atoms with Gasteiger partial charge >= 0.3 is 0 Å². The monoisotopic (exact) mass is 440 g/mol. The molecule has 0 saturated carbocycles. The normalized spacial score (nSPS) is 15.4. The lowest BCUT2D eigenvalue weighted by atomic mass is 10.2. The summed E-state index contributed by atoms with van der Waals surface area (Å²) in [6.45, 7) is 1.06. The molecule has 1 fully saturated rings. The van der Waals surface area contributed by atoms with Crippen LogP contribution in [0.2, 0.25) is 0 Å². The Kier molecular flexibility index (Phi) is 7.26. The number of carbonyl (C=O) groups excluding carboxylic acids is 1. The summed E-state index contributed by atoms with van der Waals surface area (Å²) in [7, 11) is -3.61. The van der Waals surface area contributed by atoms with Crippen molar-refractivity contribution in [3.63, 3.8) is 0 Å². The zero-order valence-corrected chi connectivity index (χ0v) is 17.3. The van der Waals surface area contributed by atoms with Crippen molar-refractivity contribution in [2.24, 2.45) is 0 Å². The number of nitrogens with one attached hydrogen (secondary N) is 1. The summed E-state index contributed by atoms with van der Waals surface area (Å²) in [5.41, 5.74) is 0.830. The van der Waals surface area contributed by atoms with E-state index in [0.29, 0.717) is 40.9 Å². The van der Waals surface area contributed by atoms with E-state index in [0.717, 1.165) is 19.3 Å². The number of hydrogen-bond acceptors (Lipinski definition) is 4. The van der Waals surface area contributed by atoms with Crippen LogP contribution in [-0.4, -0.2) is 37.5 Å². The van der Waals surface area contributed by atoms with Gasteiger partial charge in [-0.2, -0.15) is 13.1 Å². The van der Waals surface area contributed by atoms with Crippen LogP contribution < -0.4 is 5.32 Å². The van der Waals surface area contributed by atoms with Gasteiger partial charge in [-0.3, -0.25) is 4.79 Å². The van der Waals surface area contributed by atoms with Gasteiger partial charge in [-0.15, -0.1) is 0 Å². The van der Waals surface area contributed by atoms with Gasteiger partial charge in [0.25, 0.3) is 11.7 Å². The van der Waals surface area contributed by atoms with Gasteiger partial charge in [0.2, 0.25) is 10.0 Å². The molecule has 1 aliphatic rings. The summed E-state index contributed by atoms with van der Waals surface area (Å²) in [5.74, 6) is -2.92. The van der Waals surface area contributed by atoms with E-state index >= 15 is 0 Å². The van der Waals surface area contributed by atoms with Crippen molar-refractivity contribution < 1.29 is 22.0 Å². The first-order valence-electron chi connectivity index (χ1n) is 9.29. The van der Waals surface area contributed by atoms with Crippen LogP contribution in [0, 0.1) is 0 Å². The molecule has 1 saturated heterocycles. The molecule has 0 bridgehead atoms. The zero-order chi connectivity index (χ0) is 20.9. The first-order chi connectivity index (χ1) is 13.9. The molecule has 1 amide bonds. The molecule has 0 aromatic heterocycles. The molecule has 1 aliphatic heterocycles. The Balaban J connectivity index is 1.70. The molecular weight excluding hydrogens is 418 g/mol. The Labute approximate surface area is 173 Å². The number of hydrogen-bond donors (Lipinski definition) is 1. The van der Waals surface area contributed by atoms with Gasteiger partial charge in [0.05, 0.1) is 4.90 Å². The Morgan fingerprint density at radius 1 is 1.03 bits per heavy atom. The van der Waals surface area contributed by atoms with Crippen LogP contribution in [-0.2, 0) is 16.6 Å². The number of nitrogens with zero attached hydrogens (tertiary/aromatic N) is 1. The van der Waals surface area contributed by atoms with E-state index in [9.17, 15) is 22.0 Å². The Morgan fingerprint density at radius 2 is 1.69 bits per heavy atom. The first kappa shape index (κ1) is 21.7. The van der Waals surface area contributed by atoms with E-state index in [1.165, 1.54) is 28.6 Å². The van der Waals surface area contributed by atoms with E-state index in [4.69, 9.17) is 0 Å². The molecule has 0 spiro atoms. The molecule has 0 atom stereocenters. The highest BCUT2D eigenvalue weighted by molar-refractivity contribution is 7.99. The quantitative estimate of drug-likeness (QED) is 0.658. The summed E-state index contributed by atoms with van der Waals surface area (Å²) in [5, 5.41) is 2.71. The lowest BCUT2D eigenvalue weighted by Gasteiger charge is -2.26. The maximum Gasteiger partial charge on any atom is 0.288 e. The van der Waals surface area contributed by atoms with E-state index < -0.39 is 21.7 Å². The number of sulfonamides is 1. The van der Waals surface area contributed by atoms with Gasteiger partial charge < -0.3 is 5.32 Å². The van der Waals surface area contributed by atoms with E-state index in [2.05, 4.69) is 5.32 Å². The van der Waals surface area contributed by atoms with Gasteiger partial charge in [0.1, 0.15) is 0 Å². The van der Waals surface area contributed by atoms with Gasteiger partial charge in [-0.05, 0) is 48.7 Å². The second-order valence-electron chi connectivity index (χ2n) is 6.66. The molecule has 1 N–H and O–H groups in total. The minimum atomic E-state index is -3.61. The minimum Gasteiger partial charge on any atom is -0.348 e. The number of rotatable bonds is 7. The third-order valence-corrected chi connectivity index (χ3v) is 7.41. The first-order valence-corrected chi connectivity index (χ1v) is 11.6. The fourth-order valence-electron chi connectivity index (χ4n) is 3.21. The smallest absolute Gasteiger partial charge is 0.288 e. The Hall–Kier alpha value is -1.97. The third kappa shape index (κ3) is 5.55. The number of halogens is 2. The maximum absolute atomic E-state index is 13.0.